The zero-order valence-electron chi connectivity index (χ0n) is 8.73. The van der Waals surface area contributed by atoms with Gasteiger partial charge in [-0.05, 0) is 45.9 Å². The minimum atomic E-state index is 0.810. The van der Waals surface area contributed by atoms with Crippen LogP contribution in [0.1, 0.15) is 11.1 Å². The summed E-state index contributed by atoms with van der Waals surface area (Å²) < 4.78 is 1.24. The van der Waals surface area contributed by atoms with E-state index in [0.29, 0.717) is 0 Å². The molecule has 0 amide bonds. The number of nitrogen functional groups attached to an aromatic ring is 1. The van der Waals surface area contributed by atoms with Gasteiger partial charge in [-0.3, -0.25) is 0 Å². The molecule has 0 aliphatic heterocycles. The molecule has 2 aromatic carbocycles. The monoisotopic (exact) mass is 321 g/mol. The molecule has 0 aliphatic carbocycles. The third kappa shape index (κ3) is 2.64. The van der Waals surface area contributed by atoms with Gasteiger partial charge in [-0.25, -0.2) is 0 Å². The second kappa shape index (κ2) is 5.16. The number of hydrogen-bond acceptors (Lipinski definition) is 1. The average Bonchev–Trinajstić information content (AvgIpc) is 2.30. The van der Waals surface area contributed by atoms with Crippen LogP contribution in [-0.4, -0.2) is 0 Å². The fraction of sp³-hybridized carbons (Fsp3) is 0. The first-order chi connectivity index (χ1) is 7.77. The van der Waals surface area contributed by atoms with Crippen molar-refractivity contribution >= 4 is 40.4 Å². The van der Waals surface area contributed by atoms with Crippen molar-refractivity contribution in [2.24, 2.45) is 0 Å². The Morgan fingerprint density at radius 2 is 1.38 bits per heavy atom. The van der Waals surface area contributed by atoms with Crippen molar-refractivity contribution in [3.63, 3.8) is 0 Å². The molecule has 2 aromatic rings. The van der Waals surface area contributed by atoms with Crippen LogP contribution in [0.3, 0.4) is 0 Å². The van der Waals surface area contributed by atoms with Crippen molar-refractivity contribution in [3.05, 3.63) is 63.2 Å². The van der Waals surface area contributed by atoms with Gasteiger partial charge in [-0.2, -0.15) is 0 Å². The summed E-state index contributed by atoms with van der Waals surface area (Å²) >= 11 is 2.33. The molecule has 16 heavy (non-hydrogen) atoms. The fourth-order valence-corrected chi connectivity index (χ4v) is 2.02. The van der Waals surface area contributed by atoms with Gasteiger partial charge in [0.15, 0.2) is 0 Å². The Hall–Kier alpha value is -1.29. The molecule has 0 aromatic heterocycles. The van der Waals surface area contributed by atoms with Gasteiger partial charge in [0, 0.05) is 9.26 Å². The Morgan fingerprint density at radius 3 is 2.06 bits per heavy atom. The minimum absolute atomic E-state index is 0.810. The summed E-state index contributed by atoms with van der Waals surface area (Å²) in [6, 6.07) is 16.1. The summed E-state index contributed by atoms with van der Waals surface area (Å²) in [6.45, 7) is 0. The Kier molecular flexibility index (Phi) is 3.62. The Bertz CT molecular complexity index is 470. The number of nitrogens with two attached hydrogens (primary N) is 1. The molecule has 0 bridgehead atoms. The smallest absolute Gasteiger partial charge is 0.0387 e. The third-order valence-corrected chi connectivity index (χ3v) is 3.33. The second-order valence-corrected chi connectivity index (χ2v) is 4.65. The van der Waals surface area contributed by atoms with E-state index in [1.54, 1.807) is 0 Å². The van der Waals surface area contributed by atoms with Crippen LogP contribution in [0.2, 0.25) is 0 Å². The number of rotatable bonds is 2. The molecule has 0 saturated carbocycles. The van der Waals surface area contributed by atoms with Gasteiger partial charge in [0.2, 0.25) is 0 Å². The predicted octanol–water partition coefficient (Wildman–Crippen LogP) is 4.04. The normalized spacial score (nSPS) is 10.8. The minimum Gasteiger partial charge on any atom is -0.398 e. The third-order valence-electron chi connectivity index (χ3n) is 2.34. The number of benzene rings is 2. The maximum absolute atomic E-state index is 5.87. The predicted molar refractivity (Wildman–Crippen MR) is 78.9 cm³/mol. The standard InChI is InChI=1S/C14H12IN/c15-13-7-3-1-5-11(13)9-10-12-6-2-4-8-14(12)16/h1-10H,16H2/b10-9+. The van der Waals surface area contributed by atoms with Gasteiger partial charge in [-0.15, -0.1) is 0 Å². The molecule has 2 heteroatoms. The molecule has 0 heterocycles. The lowest BCUT2D eigenvalue weighted by Crippen LogP contribution is -1.87. The number of para-hydroxylation sites is 1. The Labute approximate surface area is 109 Å². The fourth-order valence-electron chi connectivity index (χ4n) is 1.45. The van der Waals surface area contributed by atoms with E-state index in [0.717, 1.165) is 11.3 Å². The highest BCUT2D eigenvalue weighted by Crippen LogP contribution is 2.17. The van der Waals surface area contributed by atoms with E-state index in [9.17, 15) is 0 Å². The van der Waals surface area contributed by atoms with Crippen LogP contribution in [0, 0.1) is 3.57 Å². The number of anilines is 1. The first kappa shape index (κ1) is 11.2. The van der Waals surface area contributed by atoms with Crippen LogP contribution >= 0.6 is 22.6 Å². The van der Waals surface area contributed by atoms with E-state index in [4.69, 9.17) is 5.73 Å². The molecule has 1 nitrogen and oxygen atoms in total. The van der Waals surface area contributed by atoms with Crippen LogP contribution < -0.4 is 5.73 Å². The molecule has 2 rings (SSSR count). The largest absolute Gasteiger partial charge is 0.398 e. The van der Waals surface area contributed by atoms with Crippen LogP contribution in [0.15, 0.2) is 48.5 Å². The quantitative estimate of drug-likeness (QED) is 0.504. The lowest BCUT2D eigenvalue weighted by molar-refractivity contribution is 1.59. The molecular formula is C14H12IN. The van der Waals surface area contributed by atoms with Crippen molar-refractivity contribution in [1.82, 2.24) is 0 Å². The highest BCUT2D eigenvalue weighted by Gasteiger charge is 1.94. The van der Waals surface area contributed by atoms with Gasteiger partial charge in [0.25, 0.3) is 0 Å². The lowest BCUT2D eigenvalue weighted by atomic mass is 10.1. The second-order valence-electron chi connectivity index (χ2n) is 3.48. The number of halogens is 1. The maximum atomic E-state index is 5.87. The summed E-state index contributed by atoms with van der Waals surface area (Å²) in [6.07, 6.45) is 4.14. The Morgan fingerprint density at radius 1 is 0.812 bits per heavy atom. The SMILES string of the molecule is Nc1ccccc1/C=C/c1ccccc1I. The van der Waals surface area contributed by atoms with Gasteiger partial charge in [-0.1, -0.05) is 48.6 Å². The molecule has 0 saturated heterocycles. The van der Waals surface area contributed by atoms with Crippen LogP contribution in [0.25, 0.3) is 12.2 Å². The van der Waals surface area contributed by atoms with E-state index in [1.165, 1.54) is 9.13 Å². The van der Waals surface area contributed by atoms with Crippen LogP contribution in [-0.2, 0) is 0 Å². The van der Waals surface area contributed by atoms with E-state index >= 15 is 0 Å². The number of hydrogen-bond donors (Lipinski definition) is 1. The van der Waals surface area contributed by atoms with Gasteiger partial charge in [0.1, 0.15) is 0 Å². The first-order valence-corrected chi connectivity index (χ1v) is 6.12. The van der Waals surface area contributed by atoms with Crippen molar-refractivity contribution in [2.45, 2.75) is 0 Å². The molecule has 0 atom stereocenters. The molecule has 0 fully saturated rings. The lowest BCUT2D eigenvalue weighted by Gasteiger charge is -2.00. The summed E-state index contributed by atoms with van der Waals surface area (Å²) in [4.78, 5) is 0. The summed E-state index contributed by atoms with van der Waals surface area (Å²) in [5.74, 6) is 0. The highest BCUT2D eigenvalue weighted by molar-refractivity contribution is 14.1. The van der Waals surface area contributed by atoms with Gasteiger partial charge >= 0.3 is 0 Å². The molecule has 0 unspecified atom stereocenters. The van der Waals surface area contributed by atoms with Crippen molar-refractivity contribution in [2.75, 3.05) is 5.73 Å². The van der Waals surface area contributed by atoms with Gasteiger partial charge < -0.3 is 5.73 Å². The van der Waals surface area contributed by atoms with E-state index < -0.39 is 0 Å². The topological polar surface area (TPSA) is 26.0 Å². The van der Waals surface area contributed by atoms with Gasteiger partial charge in [0.05, 0.1) is 0 Å². The van der Waals surface area contributed by atoms with Crippen LogP contribution in [0.5, 0.6) is 0 Å². The summed E-state index contributed by atoms with van der Waals surface area (Å²) in [7, 11) is 0. The van der Waals surface area contributed by atoms with Crippen molar-refractivity contribution in [1.29, 1.82) is 0 Å². The maximum Gasteiger partial charge on any atom is 0.0387 e. The average molecular weight is 321 g/mol. The molecule has 0 spiro atoms. The molecule has 0 aliphatic rings. The molecule has 0 radical (unpaired) electrons. The van der Waals surface area contributed by atoms with Crippen LogP contribution in [0.4, 0.5) is 5.69 Å². The zero-order chi connectivity index (χ0) is 11.4. The molecule has 80 valence electrons. The summed E-state index contributed by atoms with van der Waals surface area (Å²) in [5, 5.41) is 0. The van der Waals surface area contributed by atoms with E-state index in [-0.39, 0.29) is 0 Å². The van der Waals surface area contributed by atoms with E-state index in [1.807, 2.05) is 42.5 Å². The summed E-state index contributed by atoms with van der Waals surface area (Å²) in [5.41, 5.74) is 8.95. The van der Waals surface area contributed by atoms with Crippen molar-refractivity contribution < 1.29 is 0 Å². The van der Waals surface area contributed by atoms with Crippen molar-refractivity contribution in [3.8, 4) is 0 Å². The highest BCUT2D eigenvalue weighted by atomic mass is 127. The Balaban J connectivity index is 2.29. The zero-order valence-corrected chi connectivity index (χ0v) is 10.9. The first-order valence-electron chi connectivity index (χ1n) is 5.04. The molecular weight excluding hydrogens is 309 g/mol. The molecule has 2 N–H and O–H groups in total. The van der Waals surface area contributed by atoms with E-state index in [2.05, 4.69) is 40.8 Å².